The number of hydrogen-bond donors (Lipinski definition) is 1. The van der Waals surface area contributed by atoms with Crippen molar-refractivity contribution >= 4 is 15.9 Å². The van der Waals surface area contributed by atoms with Crippen LogP contribution < -0.4 is 5.73 Å². The number of hydrogen-bond acceptors (Lipinski definition) is 3. The zero-order valence-corrected chi connectivity index (χ0v) is 9.99. The standard InChI is InChI=1S/C10H14N2O3S/c1-12(16(2,14)15)7-8-3-5-9(6-4-8)10(11)13/h3-6H,7H2,1-2H3,(H2,11,13). The minimum atomic E-state index is -3.19. The number of amides is 1. The third-order valence-corrected chi connectivity index (χ3v) is 3.47. The molecule has 16 heavy (non-hydrogen) atoms. The smallest absolute Gasteiger partial charge is 0.248 e. The SMILES string of the molecule is CN(Cc1ccc(C(N)=O)cc1)S(C)(=O)=O. The summed E-state index contributed by atoms with van der Waals surface area (Å²) >= 11 is 0. The lowest BCUT2D eigenvalue weighted by Gasteiger charge is -2.13. The van der Waals surface area contributed by atoms with Crippen LogP contribution in [0.25, 0.3) is 0 Å². The molecule has 0 aliphatic rings. The van der Waals surface area contributed by atoms with Gasteiger partial charge in [0.15, 0.2) is 0 Å². The molecule has 5 nitrogen and oxygen atoms in total. The molecule has 6 heteroatoms. The van der Waals surface area contributed by atoms with E-state index in [2.05, 4.69) is 0 Å². The van der Waals surface area contributed by atoms with Gasteiger partial charge < -0.3 is 5.73 Å². The molecule has 0 spiro atoms. The van der Waals surface area contributed by atoms with Crippen LogP contribution in [0.1, 0.15) is 15.9 Å². The summed E-state index contributed by atoms with van der Waals surface area (Å²) in [6, 6.07) is 6.52. The highest BCUT2D eigenvalue weighted by molar-refractivity contribution is 7.88. The molecule has 1 rings (SSSR count). The molecule has 1 aromatic carbocycles. The molecule has 0 aliphatic heterocycles. The first-order valence-corrected chi connectivity index (χ1v) is 6.45. The summed E-state index contributed by atoms with van der Waals surface area (Å²) in [5.74, 6) is -0.497. The largest absolute Gasteiger partial charge is 0.366 e. The first-order valence-electron chi connectivity index (χ1n) is 4.61. The molecule has 0 heterocycles. The van der Waals surface area contributed by atoms with E-state index in [1.807, 2.05) is 0 Å². The van der Waals surface area contributed by atoms with E-state index in [0.29, 0.717) is 5.56 Å². The van der Waals surface area contributed by atoms with Gasteiger partial charge in [-0.15, -0.1) is 0 Å². The minimum Gasteiger partial charge on any atom is -0.366 e. The van der Waals surface area contributed by atoms with Crippen LogP contribution in [0.4, 0.5) is 0 Å². The fraction of sp³-hybridized carbons (Fsp3) is 0.300. The normalized spacial score (nSPS) is 11.7. The van der Waals surface area contributed by atoms with Crippen LogP contribution in [0.2, 0.25) is 0 Å². The van der Waals surface area contributed by atoms with Crippen molar-refractivity contribution in [3.63, 3.8) is 0 Å². The van der Waals surface area contributed by atoms with Crippen molar-refractivity contribution in [2.45, 2.75) is 6.54 Å². The Morgan fingerprint density at radius 2 is 1.81 bits per heavy atom. The van der Waals surface area contributed by atoms with Gasteiger partial charge >= 0.3 is 0 Å². The van der Waals surface area contributed by atoms with Crippen molar-refractivity contribution < 1.29 is 13.2 Å². The summed E-state index contributed by atoms with van der Waals surface area (Å²) < 4.78 is 23.6. The number of sulfonamides is 1. The van der Waals surface area contributed by atoms with Crippen molar-refractivity contribution in [2.75, 3.05) is 13.3 Å². The molecule has 0 aromatic heterocycles. The highest BCUT2D eigenvalue weighted by atomic mass is 32.2. The molecular weight excluding hydrogens is 228 g/mol. The molecule has 0 saturated heterocycles. The minimum absolute atomic E-state index is 0.276. The van der Waals surface area contributed by atoms with Gasteiger partial charge in [0.05, 0.1) is 6.26 Å². The molecule has 1 aromatic rings. The molecule has 0 aliphatic carbocycles. The Kier molecular flexibility index (Phi) is 3.66. The molecule has 0 fully saturated rings. The Morgan fingerprint density at radius 1 is 1.31 bits per heavy atom. The first kappa shape index (κ1) is 12.7. The average molecular weight is 242 g/mol. The molecule has 88 valence electrons. The third-order valence-electron chi connectivity index (χ3n) is 2.21. The number of rotatable bonds is 4. The summed E-state index contributed by atoms with van der Waals surface area (Å²) in [6.07, 6.45) is 1.14. The highest BCUT2D eigenvalue weighted by Crippen LogP contribution is 2.08. The topological polar surface area (TPSA) is 80.5 Å². The summed E-state index contributed by atoms with van der Waals surface area (Å²) in [7, 11) is -1.69. The molecule has 0 unspecified atom stereocenters. The van der Waals surface area contributed by atoms with Crippen molar-refractivity contribution in [1.29, 1.82) is 0 Å². The van der Waals surface area contributed by atoms with E-state index in [0.717, 1.165) is 11.8 Å². The molecule has 1 amide bonds. The van der Waals surface area contributed by atoms with Gasteiger partial charge in [-0.25, -0.2) is 12.7 Å². The second-order valence-corrected chi connectivity index (χ2v) is 5.67. The number of carbonyl (C=O) groups excluding carboxylic acids is 1. The maximum Gasteiger partial charge on any atom is 0.248 e. The Balaban J connectivity index is 2.81. The van der Waals surface area contributed by atoms with Gasteiger partial charge in [0.25, 0.3) is 0 Å². The van der Waals surface area contributed by atoms with Crippen LogP contribution in [0.5, 0.6) is 0 Å². The van der Waals surface area contributed by atoms with Gasteiger partial charge in [-0.2, -0.15) is 0 Å². The Morgan fingerprint density at radius 3 is 2.19 bits per heavy atom. The second kappa shape index (κ2) is 4.63. The van der Waals surface area contributed by atoms with Gasteiger partial charge in [0.2, 0.25) is 15.9 Å². The number of nitrogens with two attached hydrogens (primary N) is 1. The van der Waals surface area contributed by atoms with E-state index in [1.165, 1.54) is 11.4 Å². The van der Waals surface area contributed by atoms with Crippen molar-refractivity contribution in [1.82, 2.24) is 4.31 Å². The van der Waals surface area contributed by atoms with Crippen molar-refractivity contribution in [2.24, 2.45) is 5.73 Å². The van der Waals surface area contributed by atoms with E-state index in [4.69, 9.17) is 5.73 Å². The Labute approximate surface area is 94.9 Å². The number of benzene rings is 1. The molecule has 0 bridgehead atoms. The van der Waals surface area contributed by atoms with E-state index < -0.39 is 15.9 Å². The summed E-state index contributed by atoms with van der Waals surface area (Å²) in [5, 5.41) is 0. The monoisotopic (exact) mass is 242 g/mol. The highest BCUT2D eigenvalue weighted by Gasteiger charge is 2.11. The fourth-order valence-corrected chi connectivity index (χ4v) is 1.53. The fourth-order valence-electron chi connectivity index (χ4n) is 1.15. The number of nitrogens with zero attached hydrogens (tertiary/aromatic N) is 1. The van der Waals surface area contributed by atoms with Crippen LogP contribution in [0.3, 0.4) is 0 Å². The molecule has 0 atom stereocenters. The van der Waals surface area contributed by atoms with E-state index in [-0.39, 0.29) is 6.54 Å². The van der Waals surface area contributed by atoms with Crippen LogP contribution in [0, 0.1) is 0 Å². The molecular formula is C10H14N2O3S. The Bertz CT molecular complexity index is 479. The summed E-state index contributed by atoms with van der Waals surface area (Å²) in [4.78, 5) is 10.8. The molecule has 2 N–H and O–H groups in total. The van der Waals surface area contributed by atoms with E-state index in [9.17, 15) is 13.2 Å². The molecule has 0 saturated carbocycles. The quantitative estimate of drug-likeness (QED) is 0.817. The maximum atomic E-state index is 11.2. The summed E-state index contributed by atoms with van der Waals surface area (Å²) in [5.41, 5.74) is 6.30. The van der Waals surface area contributed by atoms with Crippen molar-refractivity contribution in [3.8, 4) is 0 Å². The second-order valence-electron chi connectivity index (χ2n) is 3.58. The lowest BCUT2D eigenvalue weighted by molar-refractivity contribution is 0.100. The van der Waals surface area contributed by atoms with E-state index >= 15 is 0 Å². The lowest BCUT2D eigenvalue weighted by atomic mass is 10.1. The van der Waals surface area contributed by atoms with Crippen molar-refractivity contribution in [3.05, 3.63) is 35.4 Å². The van der Waals surface area contributed by atoms with Crippen LogP contribution >= 0.6 is 0 Å². The molecule has 0 radical (unpaired) electrons. The zero-order chi connectivity index (χ0) is 12.3. The van der Waals surface area contributed by atoms with Crippen LogP contribution in [0.15, 0.2) is 24.3 Å². The van der Waals surface area contributed by atoms with Crippen LogP contribution in [-0.2, 0) is 16.6 Å². The first-order chi connectivity index (χ1) is 7.30. The predicted molar refractivity (Wildman–Crippen MR) is 61.3 cm³/mol. The predicted octanol–water partition coefficient (Wildman–Crippen LogP) is 0.177. The van der Waals surface area contributed by atoms with Gasteiger partial charge in [-0.1, -0.05) is 12.1 Å². The van der Waals surface area contributed by atoms with Gasteiger partial charge in [-0.3, -0.25) is 4.79 Å². The zero-order valence-electron chi connectivity index (χ0n) is 9.17. The van der Waals surface area contributed by atoms with E-state index in [1.54, 1.807) is 24.3 Å². The number of carbonyl (C=O) groups is 1. The van der Waals surface area contributed by atoms with Gasteiger partial charge in [-0.05, 0) is 17.7 Å². The van der Waals surface area contributed by atoms with Gasteiger partial charge in [0.1, 0.15) is 0 Å². The average Bonchev–Trinajstić information content (AvgIpc) is 2.17. The van der Waals surface area contributed by atoms with Gasteiger partial charge in [0, 0.05) is 19.2 Å². The summed E-state index contributed by atoms with van der Waals surface area (Å²) in [6.45, 7) is 0.276. The van der Waals surface area contributed by atoms with Crippen LogP contribution in [-0.4, -0.2) is 31.9 Å². The Hall–Kier alpha value is -1.40. The number of primary amides is 1. The maximum absolute atomic E-state index is 11.2. The third kappa shape index (κ3) is 3.32. The lowest BCUT2D eigenvalue weighted by Crippen LogP contribution is -2.24.